The lowest BCUT2D eigenvalue weighted by atomic mass is 9.86. The van der Waals surface area contributed by atoms with E-state index in [1.54, 1.807) is 6.33 Å². The summed E-state index contributed by atoms with van der Waals surface area (Å²) in [4.78, 5) is 7.60. The molecule has 0 fully saturated rings. The molecule has 0 saturated carbocycles. The molecule has 0 bridgehead atoms. The summed E-state index contributed by atoms with van der Waals surface area (Å²) >= 11 is 0. The predicted octanol–water partition coefficient (Wildman–Crippen LogP) is 3.59. The highest BCUT2D eigenvalue weighted by molar-refractivity contribution is 6.48. The van der Waals surface area contributed by atoms with Crippen LogP contribution in [0.2, 0.25) is 13.1 Å². The third kappa shape index (κ3) is 4.57. The second-order valence-corrected chi connectivity index (χ2v) is 8.15. The summed E-state index contributed by atoms with van der Waals surface area (Å²) in [6.07, 6.45) is 5.22. The first-order chi connectivity index (χ1) is 8.34. The van der Waals surface area contributed by atoms with Crippen LogP contribution in [0.1, 0.15) is 45.5 Å². The van der Waals surface area contributed by atoms with Gasteiger partial charge in [0.25, 0.3) is 0 Å². The molecule has 1 aromatic heterocycles. The SMILES string of the molecule is CCc1nc[nH]c1CCC(O[Si](C)C)C(C)(C)C. The van der Waals surface area contributed by atoms with E-state index >= 15 is 0 Å². The molecule has 1 atom stereocenters. The van der Waals surface area contributed by atoms with Gasteiger partial charge >= 0.3 is 0 Å². The topological polar surface area (TPSA) is 37.9 Å². The highest BCUT2D eigenvalue weighted by Crippen LogP contribution is 2.27. The molecule has 0 aromatic carbocycles. The Hall–Kier alpha value is -0.613. The minimum atomic E-state index is -0.647. The summed E-state index contributed by atoms with van der Waals surface area (Å²) in [5.74, 6) is 0. The summed E-state index contributed by atoms with van der Waals surface area (Å²) in [6, 6.07) is 0. The van der Waals surface area contributed by atoms with E-state index in [1.165, 1.54) is 11.4 Å². The van der Waals surface area contributed by atoms with Crippen LogP contribution in [0.25, 0.3) is 0 Å². The van der Waals surface area contributed by atoms with Crippen LogP contribution in [0, 0.1) is 5.41 Å². The molecule has 1 rings (SSSR count). The molecule has 0 amide bonds. The van der Waals surface area contributed by atoms with E-state index in [0.29, 0.717) is 6.10 Å². The second kappa shape index (κ2) is 6.52. The van der Waals surface area contributed by atoms with Gasteiger partial charge in [-0.2, -0.15) is 0 Å². The maximum atomic E-state index is 6.15. The fourth-order valence-electron chi connectivity index (χ4n) is 2.10. The number of nitrogens with one attached hydrogen (secondary N) is 1. The van der Waals surface area contributed by atoms with E-state index < -0.39 is 9.04 Å². The average Bonchev–Trinajstić information content (AvgIpc) is 2.69. The zero-order valence-electron chi connectivity index (χ0n) is 12.6. The molecule has 1 aromatic rings. The molecule has 0 saturated heterocycles. The summed E-state index contributed by atoms with van der Waals surface area (Å²) < 4.78 is 6.15. The molecule has 3 nitrogen and oxygen atoms in total. The van der Waals surface area contributed by atoms with Crippen LogP contribution in [-0.4, -0.2) is 25.1 Å². The van der Waals surface area contributed by atoms with Crippen molar-refractivity contribution in [2.24, 2.45) is 5.41 Å². The van der Waals surface area contributed by atoms with Crippen LogP contribution >= 0.6 is 0 Å². The Labute approximate surface area is 113 Å². The van der Waals surface area contributed by atoms with Crippen molar-refractivity contribution in [3.8, 4) is 0 Å². The van der Waals surface area contributed by atoms with Crippen molar-refractivity contribution in [1.29, 1.82) is 0 Å². The van der Waals surface area contributed by atoms with Crippen molar-refractivity contribution in [1.82, 2.24) is 9.97 Å². The van der Waals surface area contributed by atoms with Crippen LogP contribution in [0.4, 0.5) is 0 Å². The maximum Gasteiger partial charge on any atom is 0.205 e. The van der Waals surface area contributed by atoms with E-state index in [0.717, 1.165) is 19.3 Å². The summed E-state index contributed by atoms with van der Waals surface area (Å²) in [7, 11) is -0.647. The van der Waals surface area contributed by atoms with Crippen molar-refractivity contribution < 1.29 is 4.43 Å². The van der Waals surface area contributed by atoms with Gasteiger partial charge in [-0.25, -0.2) is 4.98 Å². The van der Waals surface area contributed by atoms with Crippen molar-refractivity contribution in [2.75, 3.05) is 0 Å². The second-order valence-electron chi connectivity index (χ2n) is 6.10. The largest absolute Gasteiger partial charge is 0.414 e. The van der Waals surface area contributed by atoms with Crippen LogP contribution in [0.5, 0.6) is 0 Å². The summed E-state index contributed by atoms with van der Waals surface area (Å²) in [5.41, 5.74) is 2.67. The van der Waals surface area contributed by atoms with Gasteiger partial charge in [0.2, 0.25) is 9.04 Å². The molecule has 18 heavy (non-hydrogen) atoms. The van der Waals surface area contributed by atoms with Crippen LogP contribution in [0.15, 0.2) is 6.33 Å². The Kier molecular flexibility index (Phi) is 5.60. The van der Waals surface area contributed by atoms with Crippen LogP contribution in [-0.2, 0) is 17.3 Å². The number of aryl methyl sites for hydroxylation is 2. The maximum absolute atomic E-state index is 6.15. The predicted molar refractivity (Wildman–Crippen MR) is 78.1 cm³/mol. The van der Waals surface area contributed by atoms with E-state index in [-0.39, 0.29) is 5.41 Å². The Balaban J connectivity index is 2.62. The van der Waals surface area contributed by atoms with Gasteiger partial charge in [0.15, 0.2) is 0 Å². The zero-order valence-corrected chi connectivity index (χ0v) is 13.6. The van der Waals surface area contributed by atoms with Crippen molar-refractivity contribution >= 4 is 9.04 Å². The number of aromatic amines is 1. The normalized spacial score (nSPS) is 14.2. The molecule has 1 N–H and O–H groups in total. The lowest BCUT2D eigenvalue weighted by Crippen LogP contribution is -2.33. The number of nitrogens with zero attached hydrogens (tertiary/aromatic N) is 1. The molecule has 0 spiro atoms. The Morgan fingerprint density at radius 3 is 2.56 bits per heavy atom. The molecule has 0 aliphatic heterocycles. The number of hydrogen-bond donors (Lipinski definition) is 1. The minimum absolute atomic E-state index is 0.203. The third-order valence-electron chi connectivity index (χ3n) is 3.14. The molecule has 1 heterocycles. The third-order valence-corrected chi connectivity index (χ3v) is 3.90. The van der Waals surface area contributed by atoms with Crippen LogP contribution < -0.4 is 0 Å². The van der Waals surface area contributed by atoms with Gasteiger partial charge in [0.1, 0.15) is 0 Å². The van der Waals surface area contributed by atoms with Gasteiger partial charge in [-0.05, 0) is 37.8 Å². The first-order valence-electron chi connectivity index (χ1n) is 6.82. The molecular weight excluding hydrogens is 240 g/mol. The number of imidazole rings is 1. The average molecular weight is 267 g/mol. The minimum Gasteiger partial charge on any atom is -0.414 e. The van der Waals surface area contributed by atoms with Crippen molar-refractivity contribution in [3.63, 3.8) is 0 Å². The van der Waals surface area contributed by atoms with Crippen LogP contribution in [0.3, 0.4) is 0 Å². The Morgan fingerprint density at radius 1 is 1.39 bits per heavy atom. The fraction of sp³-hybridized carbons (Fsp3) is 0.786. The van der Waals surface area contributed by atoms with Gasteiger partial charge in [-0.1, -0.05) is 27.7 Å². The Morgan fingerprint density at radius 2 is 2.06 bits per heavy atom. The van der Waals surface area contributed by atoms with Gasteiger partial charge in [-0.15, -0.1) is 0 Å². The summed E-state index contributed by atoms with van der Waals surface area (Å²) in [5, 5.41) is 0. The lowest BCUT2D eigenvalue weighted by Gasteiger charge is -2.32. The van der Waals surface area contributed by atoms with E-state index in [1.807, 2.05) is 0 Å². The fourth-order valence-corrected chi connectivity index (χ4v) is 3.14. The molecular formula is C14H27N2OSi. The number of rotatable bonds is 6. The molecule has 0 aliphatic rings. The number of aromatic nitrogens is 2. The summed E-state index contributed by atoms with van der Waals surface area (Å²) in [6.45, 7) is 13.3. The zero-order chi connectivity index (χ0) is 13.8. The van der Waals surface area contributed by atoms with E-state index in [4.69, 9.17) is 4.43 Å². The standard InChI is InChI=1S/C14H27N2OSi/c1-7-11-12(16-10-15-11)8-9-13(14(2,3)4)17-18(5)6/h10,13H,7-9H2,1-6H3,(H,15,16). The van der Waals surface area contributed by atoms with E-state index in [9.17, 15) is 0 Å². The highest BCUT2D eigenvalue weighted by atomic mass is 28.3. The molecule has 0 aliphatic carbocycles. The number of hydrogen-bond acceptors (Lipinski definition) is 2. The van der Waals surface area contributed by atoms with Gasteiger partial charge in [-0.3, -0.25) is 0 Å². The number of H-pyrrole nitrogens is 1. The first-order valence-corrected chi connectivity index (χ1v) is 9.23. The van der Waals surface area contributed by atoms with Crippen molar-refractivity contribution in [2.45, 2.75) is 66.2 Å². The van der Waals surface area contributed by atoms with Crippen molar-refractivity contribution in [3.05, 3.63) is 17.7 Å². The lowest BCUT2D eigenvalue weighted by molar-refractivity contribution is 0.0785. The molecule has 1 radical (unpaired) electrons. The highest BCUT2D eigenvalue weighted by Gasteiger charge is 2.26. The van der Waals surface area contributed by atoms with Gasteiger partial charge in [0.05, 0.1) is 18.1 Å². The molecule has 103 valence electrons. The Bertz CT molecular complexity index is 355. The molecule has 4 heteroatoms. The molecule has 1 unspecified atom stereocenters. The quantitative estimate of drug-likeness (QED) is 0.800. The van der Waals surface area contributed by atoms with Gasteiger partial charge in [0, 0.05) is 5.69 Å². The first kappa shape index (κ1) is 15.4. The van der Waals surface area contributed by atoms with Gasteiger partial charge < -0.3 is 9.41 Å². The monoisotopic (exact) mass is 267 g/mol. The van der Waals surface area contributed by atoms with E-state index in [2.05, 4.69) is 50.8 Å². The smallest absolute Gasteiger partial charge is 0.205 e.